The van der Waals surface area contributed by atoms with Crippen molar-refractivity contribution in [3.05, 3.63) is 0 Å². The molecule has 0 aromatic carbocycles. The average Bonchev–Trinajstić information content (AvgIpc) is 2.72. The first-order valence-electron chi connectivity index (χ1n) is 13.2. The summed E-state index contributed by atoms with van der Waals surface area (Å²) in [6, 6.07) is 0. The van der Waals surface area contributed by atoms with E-state index in [0.29, 0.717) is 6.42 Å². The normalized spacial score (nSPS) is 11.3. The highest BCUT2D eigenvalue weighted by molar-refractivity contribution is 5.75. The second kappa shape index (κ2) is 24.7. The number of ether oxygens (including phenoxy) is 1. The summed E-state index contributed by atoms with van der Waals surface area (Å²) in [4.78, 5) is 13.8. The molecular formula is C26H54N2O2. The van der Waals surface area contributed by atoms with Gasteiger partial charge in [0.1, 0.15) is 0 Å². The molecule has 0 unspecified atom stereocenters. The second-order valence-corrected chi connectivity index (χ2v) is 9.17. The Morgan fingerprint density at radius 2 is 1.13 bits per heavy atom. The van der Waals surface area contributed by atoms with Crippen LogP contribution in [0, 0.1) is 0 Å². The van der Waals surface area contributed by atoms with Crippen LogP contribution in [0.1, 0.15) is 122 Å². The Morgan fingerprint density at radius 3 is 1.63 bits per heavy atom. The Hall–Kier alpha value is -0.610. The van der Waals surface area contributed by atoms with Gasteiger partial charge < -0.3 is 15.0 Å². The Morgan fingerprint density at radius 1 is 0.667 bits per heavy atom. The zero-order valence-electron chi connectivity index (χ0n) is 20.8. The lowest BCUT2D eigenvalue weighted by atomic mass is 10.0. The lowest BCUT2D eigenvalue weighted by Gasteiger charge is -2.09. The molecule has 30 heavy (non-hydrogen) atoms. The van der Waals surface area contributed by atoms with Crippen LogP contribution in [0.3, 0.4) is 0 Å². The summed E-state index contributed by atoms with van der Waals surface area (Å²) >= 11 is 0. The van der Waals surface area contributed by atoms with Crippen molar-refractivity contribution in [3.8, 4) is 0 Å². The summed E-state index contributed by atoms with van der Waals surface area (Å²) in [5, 5.41) is 2.99. The molecule has 4 heteroatoms. The first kappa shape index (κ1) is 29.4. The van der Waals surface area contributed by atoms with Gasteiger partial charge in [0.25, 0.3) is 0 Å². The zero-order valence-corrected chi connectivity index (χ0v) is 20.8. The number of hydrogen-bond donors (Lipinski definition) is 1. The molecule has 180 valence electrons. The summed E-state index contributed by atoms with van der Waals surface area (Å²) in [7, 11) is 4.11. The van der Waals surface area contributed by atoms with E-state index >= 15 is 0 Å². The van der Waals surface area contributed by atoms with E-state index in [0.717, 1.165) is 45.6 Å². The van der Waals surface area contributed by atoms with Gasteiger partial charge in [-0.25, -0.2) is 0 Å². The van der Waals surface area contributed by atoms with Crippen molar-refractivity contribution in [1.82, 2.24) is 10.2 Å². The summed E-state index contributed by atoms with van der Waals surface area (Å²) in [5.74, 6) is 0.181. The molecule has 0 aliphatic heterocycles. The summed E-state index contributed by atoms with van der Waals surface area (Å²) in [5.41, 5.74) is 0. The molecule has 0 bridgehead atoms. The van der Waals surface area contributed by atoms with E-state index in [2.05, 4.69) is 31.2 Å². The average molecular weight is 427 g/mol. The molecule has 0 spiro atoms. The third-order valence-electron chi connectivity index (χ3n) is 5.69. The van der Waals surface area contributed by atoms with Gasteiger partial charge in [0, 0.05) is 26.2 Å². The number of rotatable bonds is 24. The molecule has 0 aliphatic rings. The van der Waals surface area contributed by atoms with Crippen molar-refractivity contribution < 1.29 is 9.53 Å². The molecule has 1 amide bonds. The minimum Gasteiger partial charge on any atom is -0.381 e. The number of amides is 1. The molecule has 0 aliphatic carbocycles. The number of unbranched alkanes of at least 4 members (excludes halogenated alkanes) is 14. The van der Waals surface area contributed by atoms with Crippen molar-refractivity contribution in [2.45, 2.75) is 122 Å². The van der Waals surface area contributed by atoms with Gasteiger partial charge in [-0.15, -0.1) is 0 Å². The van der Waals surface area contributed by atoms with Crippen LogP contribution >= 0.6 is 0 Å². The lowest BCUT2D eigenvalue weighted by molar-refractivity contribution is -0.121. The van der Waals surface area contributed by atoms with Gasteiger partial charge in [-0.05, 0) is 46.3 Å². The highest BCUT2D eigenvalue weighted by atomic mass is 16.5. The van der Waals surface area contributed by atoms with E-state index in [4.69, 9.17) is 4.74 Å². The van der Waals surface area contributed by atoms with Crippen LogP contribution in [0.15, 0.2) is 0 Å². The molecule has 0 radical (unpaired) electrons. The lowest BCUT2D eigenvalue weighted by Crippen LogP contribution is -2.26. The Balaban J connectivity index is 3.10. The van der Waals surface area contributed by atoms with Crippen LogP contribution in [-0.4, -0.2) is 51.2 Å². The topological polar surface area (TPSA) is 41.6 Å². The molecular weight excluding hydrogens is 372 g/mol. The van der Waals surface area contributed by atoms with Gasteiger partial charge in [-0.3, -0.25) is 4.79 Å². The highest BCUT2D eigenvalue weighted by Gasteiger charge is 2.01. The molecule has 0 atom stereocenters. The second-order valence-electron chi connectivity index (χ2n) is 9.17. The zero-order chi connectivity index (χ0) is 22.1. The largest absolute Gasteiger partial charge is 0.381 e. The monoisotopic (exact) mass is 426 g/mol. The minimum atomic E-state index is 0.181. The summed E-state index contributed by atoms with van der Waals surface area (Å²) in [6.07, 6.45) is 23.1. The number of carbonyl (C=O) groups is 1. The minimum absolute atomic E-state index is 0.181. The van der Waals surface area contributed by atoms with Crippen LogP contribution in [0.5, 0.6) is 0 Å². The number of nitrogens with zero attached hydrogens (tertiary/aromatic N) is 1. The highest BCUT2D eigenvalue weighted by Crippen LogP contribution is 2.13. The Kier molecular flexibility index (Phi) is 24.2. The molecule has 4 nitrogen and oxygen atoms in total. The fourth-order valence-electron chi connectivity index (χ4n) is 3.70. The standard InChI is InChI=1S/C26H54N2O2/c1-4-5-6-7-8-9-10-11-12-13-14-15-16-18-24-30-25-19-17-21-26(29)27-22-20-23-28(2)3/h4-25H2,1-3H3,(H,27,29). The SMILES string of the molecule is CCCCCCCCCCCCCCCCOCCCCC(=O)NCCCN(C)C. The molecule has 0 fully saturated rings. The molecule has 0 aromatic rings. The molecule has 0 aromatic heterocycles. The summed E-state index contributed by atoms with van der Waals surface area (Å²) < 4.78 is 5.71. The van der Waals surface area contributed by atoms with E-state index in [1.165, 1.54) is 89.9 Å². The first-order chi connectivity index (χ1) is 14.7. The van der Waals surface area contributed by atoms with Crippen molar-refractivity contribution in [2.75, 3.05) is 40.4 Å². The van der Waals surface area contributed by atoms with Crippen molar-refractivity contribution in [1.29, 1.82) is 0 Å². The molecule has 0 rings (SSSR count). The van der Waals surface area contributed by atoms with E-state index in [9.17, 15) is 4.79 Å². The summed E-state index contributed by atoms with van der Waals surface area (Å²) in [6.45, 7) is 5.77. The predicted molar refractivity (Wildman–Crippen MR) is 131 cm³/mol. The smallest absolute Gasteiger partial charge is 0.219 e. The Labute approximate surface area is 188 Å². The van der Waals surface area contributed by atoms with Gasteiger partial charge in [0.05, 0.1) is 0 Å². The van der Waals surface area contributed by atoms with Gasteiger partial charge in [-0.2, -0.15) is 0 Å². The van der Waals surface area contributed by atoms with Gasteiger partial charge >= 0.3 is 0 Å². The predicted octanol–water partition coefficient (Wildman–Crippen LogP) is 6.72. The first-order valence-corrected chi connectivity index (χ1v) is 13.2. The van der Waals surface area contributed by atoms with Gasteiger partial charge in [0.15, 0.2) is 0 Å². The molecule has 1 N–H and O–H groups in total. The van der Waals surface area contributed by atoms with Gasteiger partial charge in [-0.1, -0.05) is 90.4 Å². The van der Waals surface area contributed by atoms with Crippen LogP contribution in [-0.2, 0) is 9.53 Å². The number of nitrogens with one attached hydrogen (secondary N) is 1. The molecule has 0 heterocycles. The number of hydrogen-bond acceptors (Lipinski definition) is 3. The van der Waals surface area contributed by atoms with Gasteiger partial charge in [0.2, 0.25) is 5.91 Å². The number of carbonyl (C=O) groups excluding carboxylic acids is 1. The third-order valence-corrected chi connectivity index (χ3v) is 5.69. The Bertz CT molecular complexity index is 348. The van der Waals surface area contributed by atoms with Crippen LogP contribution in [0.4, 0.5) is 0 Å². The fraction of sp³-hybridized carbons (Fsp3) is 0.962. The fourth-order valence-corrected chi connectivity index (χ4v) is 3.70. The maximum absolute atomic E-state index is 11.7. The van der Waals surface area contributed by atoms with Crippen LogP contribution in [0.2, 0.25) is 0 Å². The van der Waals surface area contributed by atoms with Crippen LogP contribution in [0.25, 0.3) is 0 Å². The van der Waals surface area contributed by atoms with E-state index in [1.54, 1.807) is 0 Å². The van der Waals surface area contributed by atoms with E-state index in [1.807, 2.05) is 0 Å². The van der Waals surface area contributed by atoms with Crippen molar-refractivity contribution in [2.24, 2.45) is 0 Å². The van der Waals surface area contributed by atoms with Crippen molar-refractivity contribution in [3.63, 3.8) is 0 Å². The molecule has 0 saturated heterocycles. The van der Waals surface area contributed by atoms with E-state index < -0.39 is 0 Å². The molecule has 0 saturated carbocycles. The van der Waals surface area contributed by atoms with Crippen molar-refractivity contribution >= 4 is 5.91 Å². The maximum atomic E-state index is 11.7. The quantitative estimate of drug-likeness (QED) is 0.174. The third kappa shape index (κ3) is 25.4. The van der Waals surface area contributed by atoms with E-state index in [-0.39, 0.29) is 5.91 Å². The maximum Gasteiger partial charge on any atom is 0.219 e. The van der Waals surface area contributed by atoms with Crippen LogP contribution < -0.4 is 5.32 Å².